The summed E-state index contributed by atoms with van der Waals surface area (Å²) in [6.45, 7) is 0.503. The van der Waals surface area contributed by atoms with E-state index in [4.69, 9.17) is 10.00 Å². The summed E-state index contributed by atoms with van der Waals surface area (Å²) in [7, 11) is 1.62. The minimum Gasteiger partial charge on any atom is -0.497 e. The minimum atomic E-state index is 0.503. The maximum Gasteiger partial charge on any atom is 0.205 e. The van der Waals surface area contributed by atoms with Crippen molar-refractivity contribution in [1.29, 1.82) is 5.26 Å². The van der Waals surface area contributed by atoms with E-state index in [0.717, 1.165) is 16.9 Å². The Hall–Kier alpha value is -3.20. The van der Waals surface area contributed by atoms with Crippen LogP contribution in [0.1, 0.15) is 11.1 Å². The first kappa shape index (κ1) is 13.8. The molecule has 0 saturated carbocycles. The monoisotopic (exact) mass is 291 g/mol. The Balaban J connectivity index is 1.79. The van der Waals surface area contributed by atoms with Gasteiger partial charge in [-0.3, -0.25) is 0 Å². The second-order valence-electron chi connectivity index (χ2n) is 4.68. The van der Waals surface area contributed by atoms with Gasteiger partial charge in [-0.25, -0.2) is 0 Å². The van der Waals surface area contributed by atoms with Gasteiger partial charge in [0.2, 0.25) is 5.82 Å². The maximum atomic E-state index is 8.79. The van der Waals surface area contributed by atoms with Gasteiger partial charge in [0.05, 0.1) is 25.3 Å². The zero-order chi connectivity index (χ0) is 15.4. The number of aromatic nitrogens is 4. The van der Waals surface area contributed by atoms with Gasteiger partial charge in [-0.05, 0) is 35.0 Å². The lowest BCUT2D eigenvalue weighted by Crippen LogP contribution is -2.04. The summed E-state index contributed by atoms with van der Waals surface area (Å²) in [6, 6.07) is 16.9. The summed E-state index contributed by atoms with van der Waals surface area (Å²) in [4.78, 5) is 1.52. The van der Waals surface area contributed by atoms with E-state index >= 15 is 0 Å². The van der Waals surface area contributed by atoms with Gasteiger partial charge in [0, 0.05) is 5.56 Å². The number of methoxy groups -OCH3 is 1. The Morgan fingerprint density at radius 1 is 1.18 bits per heavy atom. The second-order valence-corrected chi connectivity index (χ2v) is 4.68. The van der Waals surface area contributed by atoms with Gasteiger partial charge in [-0.1, -0.05) is 24.3 Å². The highest BCUT2D eigenvalue weighted by molar-refractivity contribution is 5.56. The van der Waals surface area contributed by atoms with Crippen LogP contribution in [0, 0.1) is 11.3 Å². The van der Waals surface area contributed by atoms with Crippen molar-refractivity contribution in [3.8, 4) is 23.2 Å². The van der Waals surface area contributed by atoms with Crippen LogP contribution in [0.25, 0.3) is 11.4 Å². The van der Waals surface area contributed by atoms with Crippen LogP contribution in [0.15, 0.2) is 48.5 Å². The molecular formula is C16H13N5O. The highest BCUT2D eigenvalue weighted by atomic mass is 16.5. The SMILES string of the molecule is COc1cccc(-c2nnn(Cc3ccc(C#N)cc3)n2)c1. The van der Waals surface area contributed by atoms with Gasteiger partial charge in [0.1, 0.15) is 5.75 Å². The Labute approximate surface area is 127 Å². The van der Waals surface area contributed by atoms with Crippen molar-refractivity contribution < 1.29 is 4.74 Å². The number of rotatable bonds is 4. The van der Waals surface area contributed by atoms with Gasteiger partial charge in [0.15, 0.2) is 0 Å². The lowest BCUT2D eigenvalue weighted by molar-refractivity contribution is 0.415. The third kappa shape index (κ3) is 2.94. The lowest BCUT2D eigenvalue weighted by atomic mass is 10.1. The molecule has 0 spiro atoms. The molecule has 0 radical (unpaired) electrons. The van der Waals surface area contributed by atoms with Crippen LogP contribution >= 0.6 is 0 Å². The summed E-state index contributed by atoms with van der Waals surface area (Å²) in [5, 5.41) is 21.3. The summed E-state index contributed by atoms with van der Waals surface area (Å²) in [5.74, 6) is 1.30. The van der Waals surface area contributed by atoms with Crippen molar-refractivity contribution >= 4 is 0 Å². The largest absolute Gasteiger partial charge is 0.497 e. The van der Waals surface area contributed by atoms with E-state index in [0.29, 0.717) is 17.9 Å². The Morgan fingerprint density at radius 3 is 2.73 bits per heavy atom. The van der Waals surface area contributed by atoms with Crippen molar-refractivity contribution in [3.63, 3.8) is 0 Å². The van der Waals surface area contributed by atoms with Crippen molar-refractivity contribution in [2.75, 3.05) is 7.11 Å². The predicted molar refractivity (Wildman–Crippen MR) is 80.1 cm³/mol. The van der Waals surface area contributed by atoms with Crippen LogP contribution in [-0.4, -0.2) is 27.3 Å². The van der Waals surface area contributed by atoms with Crippen LogP contribution in [0.4, 0.5) is 0 Å². The first-order chi connectivity index (χ1) is 10.8. The van der Waals surface area contributed by atoms with E-state index in [9.17, 15) is 0 Å². The maximum absolute atomic E-state index is 8.79. The first-order valence-corrected chi connectivity index (χ1v) is 6.70. The summed E-state index contributed by atoms with van der Waals surface area (Å²) in [6.07, 6.45) is 0. The van der Waals surface area contributed by atoms with Crippen molar-refractivity contribution in [2.24, 2.45) is 0 Å². The molecule has 1 aromatic heterocycles. The van der Waals surface area contributed by atoms with Gasteiger partial charge in [-0.15, -0.1) is 10.2 Å². The molecule has 0 aliphatic heterocycles. The molecule has 0 aliphatic carbocycles. The highest BCUT2D eigenvalue weighted by Crippen LogP contribution is 2.19. The quantitative estimate of drug-likeness (QED) is 0.737. The second kappa shape index (κ2) is 6.06. The van der Waals surface area contributed by atoms with Gasteiger partial charge < -0.3 is 4.74 Å². The van der Waals surface area contributed by atoms with E-state index in [1.807, 2.05) is 36.4 Å². The molecule has 0 aliphatic rings. The van der Waals surface area contributed by atoms with Gasteiger partial charge in [-0.2, -0.15) is 10.1 Å². The van der Waals surface area contributed by atoms with E-state index in [1.165, 1.54) is 4.80 Å². The van der Waals surface area contributed by atoms with Crippen LogP contribution < -0.4 is 4.74 Å². The summed E-state index contributed by atoms with van der Waals surface area (Å²) >= 11 is 0. The highest BCUT2D eigenvalue weighted by Gasteiger charge is 2.07. The molecule has 6 heteroatoms. The Bertz CT molecular complexity index is 817. The molecule has 3 rings (SSSR count). The van der Waals surface area contributed by atoms with E-state index in [2.05, 4.69) is 21.5 Å². The number of tetrazole rings is 1. The molecule has 0 N–H and O–H groups in total. The van der Waals surface area contributed by atoms with Crippen LogP contribution in [0.2, 0.25) is 0 Å². The normalized spacial score (nSPS) is 10.2. The summed E-state index contributed by atoms with van der Waals surface area (Å²) < 4.78 is 5.19. The fraction of sp³-hybridized carbons (Fsp3) is 0.125. The standard InChI is InChI=1S/C16H13N5O/c1-22-15-4-2-3-14(9-15)16-18-20-21(19-16)11-13-7-5-12(10-17)6-8-13/h2-9H,11H2,1H3. The number of benzene rings is 2. The number of nitriles is 1. The van der Waals surface area contributed by atoms with Crippen molar-refractivity contribution in [2.45, 2.75) is 6.54 Å². The molecular weight excluding hydrogens is 278 g/mol. The molecule has 0 saturated heterocycles. The number of ether oxygens (including phenoxy) is 1. The van der Waals surface area contributed by atoms with Crippen LogP contribution in [0.3, 0.4) is 0 Å². The molecule has 3 aromatic rings. The molecule has 0 unspecified atom stereocenters. The molecule has 0 atom stereocenters. The lowest BCUT2D eigenvalue weighted by Gasteiger charge is -2.01. The predicted octanol–water partition coefficient (Wildman–Crippen LogP) is 2.27. The van der Waals surface area contributed by atoms with E-state index in [-0.39, 0.29) is 0 Å². The average molecular weight is 291 g/mol. The molecule has 0 fully saturated rings. The third-order valence-electron chi connectivity index (χ3n) is 3.19. The minimum absolute atomic E-state index is 0.503. The molecule has 6 nitrogen and oxygen atoms in total. The van der Waals surface area contributed by atoms with Gasteiger partial charge >= 0.3 is 0 Å². The topological polar surface area (TPSA) is 76.6 Å². The third-order valence-corrected chi connectivity index (χ3v) is 3.19. The van der Waals surface area contributed by atoms with Crippen molar-refractivity contribution in [1.82, 2.24) is 20.2 Å². The van der Waals surface area contributed by atoms with Crippen LogP contribution in [-0.2, 0) is 6.54 Å². The number of hydrogen-bond donors (Lipinski definition) is 0. The fourth-order valence-electron chi connectivity index (χ4n) is 2.04. The molecule has 2 aromatic carbocycles. The average Bonchev–Trinajstić information content (AvgIpc) is 3.04. The zero-order valence-corrected chi connectivity index (χ0v) is 12.0. The Morgan fingerprint density at radius 2 is 2.00 bits per heavy atom. The Kier molecular flexibility index (Phi) is 3.79. The molecule has 0 amide bonds. The number of hydrogen-bond acceptors (Lipinski definition) is 5. The first-order valence-electron chi connectivity index (χ1n) is 6.70. The van der Waals surface area contributed by atoms with E-state index < -0.39 is 0 Å². The molecule has 1 heterocycles. The van der Waals surface area contributed by atoms with Crippen LogP contribution in [0.5, 0.6) is 5.75 Å². The molecule has 22 heavy (non-hydrogen) atoms. The van der Waals surface area contributed by atoms with Crippen molar-refractivity contribution in [3.05, 3.63) is 59.7 Å². The van der Waals surface area contributed by atoms with E-state index in [1.54, 1.807) is 19.2 Å². The smallest absolute Gasteiger partial charge is 0.205 e. The fourth-order valence-corrected chi connectivity index (χ4v) is 2.04. The van der Waals surface area contributed by atoms with Gasteiger partial charge in [0.25, 0.3) is 0 Å². The molecule has 0 bridgehead atoms. The molecule has 108 valence electrons. The summed E-state index contributed by atoms with van der Waals surface area (Å²) in [5.41, 5.74) is 2.49. The zero-order valence-electron chi connectivity index (χ0n) is 12.0. The number of nitrogens with zero attached hydrogens (tertiary/aromatic N) is 5.